The van der Waals surface area contributed by atoms with E-state index in [0.717, 1.165) is 5.56 Å². The fourth-order valence-corrected chi connectivity index (χ4v) is 0.902. The number of aromatic carboxylic acids is 1. The second kappa shape index (κ2) is 4.09. The molecule has 4 heteroatoms. The number of carbonyl (C=O) groups is 1. The maximum absolute atomic E-state index is 10.4. The Bertz CT molecular complexity index is 291. The molecule has 0 radical (unpaired) electrons. The summed E-state index contributed by atoms with van der Waals surface area (Å²) in [7, 11) is 0. The first-order valence-corrected chi connectivity index (χ1v) is 4.13. The minimum Gasteiger partial charge on any atom is -0.475 e. The lowest BCUT2D eigenvalue weighted by Gasteiger charge is -2.04. The van der Waals surface area contributed by atoms with Crippen molar-refractivity contribution < 1.29 is 14.3 Å². The van der Waals surface area contributed by atoms with Crippen LogP contribution in [-0.4, -0.2) is 17.1 Å². The van der Waals surface area contributed by atoms with Gasteiger partial charge in [0.1, 0.15) is 0 Å². The van der Waals surface area contributed by atoms with Crippen LogP contribution in [0, 0.1) is 0 Å². The molecule has 72 valence electrons. The summed E-state index contributed by atoms with van der Waals surface area (Å²) in [5, 5.41) is 11.7. The van der Waals surface area contributed by atoms with E-state index in [1.54, 1.807) is 0 Å². The van der Waals surface area contributed by atoms with Crippen molar-refractivity contribution in [1.82, 2.24) is 5.32 Å². The molecule has 0 aliphatic heterocycles. The molecule has 1 aromatic rings. The zero-order valence-corrected chi connectivity index (χ0v) is 7.70. The Labute approximate surface area is 76.6 Å². The molecule has 0 saturated carbocycles. The van der Waals surface area contributed by atoms with Crippen LogP contribution < -0.4 is 5.32 Å². The number of hydrogen-bond donors (Lipinski definition) is 2. The molecule has 0 amide bonds. The van der Waals surface area contributed by atoms with E-state index in [2.05, 4.69) is 5.32 Å². The lowest BCUT2D eigenvalue weighted by Crippen LogP contribution is -2.21. The Balaban J connectivity index is 2.54. The highest BCUT2D eigenvalue weighted by molar-refractivity contribution is 5.84. The number of carboxylic acid groups (broad SMARTS) is 1. The molecule has 0 aliphatic rings. The van der Waals surface area contributed by atoms with E-state index in [0.29, 0.717) is 12.6 Å². The summed E-state index contributed by atoms with van der Waals surface area (Å²) < 4.78 is 4.82. The van der Waals surface area contributed by atoms with Crippen LogP contribution in [0.1, 0.15) is 30.0 Å². The molecular formula is C9H13NO3. The quantitative estimate of drug-likeness (QED) is 0.742. The number of furan rings is 1. The lowest BCUT2D eigenvalue weighted by molar-refractivity contribution is 0.0662. The van der Waals surface area contributed by atoms with Crippen molar-refractivity contribution in [3.63, 3.8) is 0 Å². The number of nitrogens with one attached hydrogen (secondary N) is 1. The summed E-state index contributed by atoms with van der Waals surface area (Å²) in [6.45, 7) is 4.69. The molecular weight excluding hydrogens is 170 g/mol. The first kappa shape index (κ1) is 9.80. The Morgan fingerprint density at radius 2 is 2.38 bits per heavy atom. The Morgan fingerprint density at radius 1 is 1.69 bits per heavy atom. The van der Waals surface area contributed by atoms with E-state index in [1.807, 2.05) is 13.8 Å². The van der Waals surface area contributed by atoms with Gasteiger partial charge in [0.05, 0.1) is 6.26 Å². The highest BCUT2D eigenvalue weighted by Gasteiger charge is 2.08. The van der Waals surface area contributed by atoms with Gasteiger partial charge in [0.2, 0.25) is 5.76 Å². The first-order valence-electron chi connectivity index (χ1n) is 4.13. The van der Waals surface area contributed by atoms with Gasteiger partial charge in [-0.3, -0.25) is 0 Å². The van der Waals surface area contributed by atoms with Gasteiger partial charge in [-0.25, -0.2) is 4.79 Å². The predicted octanol–water partition coefficient (Wildman–Crippen LogP) is 1.48. The number of hydrogen-bond acceptors (Lipinski definition) is 3. The third-order valence-corrected chi connectivity index (χ3v) is 1.58. The second-order valence-corrected chi connectivity index (χ2v) is 3.16. The van der Waals surface area contributed by atoms with E-state index >= 15 is 0 Å². The molecule has 13 heavy (non-hydrogen) atoms. The molecule has 2 N–H and O–H groups in total. The van der Waals surface area contributed by atoms with Crippen molar-refractivity contribution in [2.75, 3.05) is 0 Å². The topological polar surface area (TPSA) is 62.5 Å². The SMILES string of the molecule is CC(C)NCc1coc(C(=O)O)c1. The molecule has 0 atom stereocenters. The molecule has 0 fully saturated rings. The molecule has 1 heterocycles. The first-order chi connectivity index (χ1) is 6.09. The highest BCUT2D eigenvalue weighted by atomic mass is 16.4. The van der Waals surface area contributed by atoms with Crippen LogP contribution >= 0.6 is 0 Å². The van der Waals surface area contributed by atoms with Crippen molar-refractivity contribution in [2.24, 2.45) is 0 Å². The van der Waals surface area contributed by atoms with Crippen molar-refractivity contribution in [3.8, 4) is 0 Å². The largest absolute Gasteiger partial charge is 0.475 e. The fraction of sp³-hybridized carbons (Fsp3) is 0.444. The van der Waals surface area contributed by atoms with Gasteiger partial charge in [0, 0.05) is 18.2 Å². The molecule has 0 aliphatic carbocycles. The average Bonchev–Trinajstić information content (AvgIpc) is 2.48. The molecule has 0 spiro atoms. The third-order valence-electron chi connectivity index (χ3n) is 1.58. The van der Waals surface area contributed by atoms with Crippen molar-refractivity contribution >= 4 is 5.97 Å². The van der Waals surface area contributed by atoms with Gasteiger partial charge in [-0.2, -0.15) is 0 Å². The minimum atomic E-state index is -1.03. The van der Waals surface area contributed by atoms with Crippen LogP contribution in [0.5, 0.6) is 0 Å². The van der Waals surface area contributed by atoms with Crippen molar-refractivity contribution in [2.45, 2.75) is 26.4 Å². The van der Waals surface area contributed by atoms with Gasteiger partial charge < -0.3 is 14.8 Å². The predicted molar refractivity (Wildman–Crippen MR) is 47.6 cm³/mol. The standard InChI is InChI=1S/C9H13NO3/c1-6(2)10-4-7-3-8(9(11)12)13-5-7/h3,5-6,10H,4H2,1-2H3,(H,11,12). The molecule has 0 bridgehead atoms. The van der Waals surface area contributed by atoms with Crippen LogP contribution in [0.25, 0.3) is 0 Å². The molecule has 0 unspecified atom stereocenters. The summed E-state index contributed by atoms with van der Waals surface area (Å²) in [5.74, 6) is -1.05. The van der Waals surface area contributed by atoms with Crippen LogP contribution in [0.2, 0.25) is 0 Å². The molecule has 0 saturated heterocycles. The van der Waals surface area contributed by atoms with Gasteiger partial charge in [-0.05, 0) is 6.07 Å². The van der Waals surface area contributed by atoms with Gasteiger partial charge in [-0.15, -0.1) is 0 Å². The Morgan fingerprint density at radius 3 is 2.85 bits per heavy atom. The summed E-state index contributed by atoms with van der Waals surface area (Å²) in [6.07, 6.45) is 1.46. The number of rotatable bonds is 4. The monoisotopic (exact) mass is 183 g/mol. The van der Waals surface area contributed by atoms with Crippen molar-refractivity contribution in [1.29, 1.82) is 0 Å². The molecule has 4 nitrogen and oxygen atoms in total. The van der Waals surface area contributed by atoms with Gasteiger partial charge in [-0.1, -0.05) is 13.8 Å². The maximum atomic E-state index is 10.4. The normalized spacial score (nSPS) is 10.7. The zero-order chi connectivity index (χ0) is 9.84. The summed E-state index contributed by atoms with van der Waals surface area (Å²) in [4.78, 5) is 10.4. The summed E-state index contributed by atoms with van der Waals surface area (Å²) >= 11 is 0. The summed E-state index contributed by atoms with van der Waals surface area (Å²) in [6, 6.07) is 1.90. The molecule has 1 aromatic heterocycles. The highest BCUT2D eigenvalue weighted by Crippen LogP contribution is 2.07. The van der Waals surface area contributed by atoms with E-state index in [4.69, 9.17) is 9.52 Å². The van der Waals surface area contributed by atoms with Crippen LogP contribution in [0.4, 0.5) is 0 Å². The van der Waals surface area contributed by atoms with Crippen LogP contribution in [-0.2, 0) is 6.54 Å². The van der Waals surface area contributed by atoms with E-state index in [-0.39, 0.29) is 5.76 Å². The molecule has 0 aromatic carbocycles. The summed E-state index contributed by atoms with van der Waals surface area (Å²) in [5.41, 5.74) is 0.853. The van der Waals surface area contributed by atoms with E-state index < -0.39 is 5.97 Å². The van der Waals surface area contributed by atoms with E-state index in [1.165, 1.54) is 12.3 Å². The van der Waals surface area contributed by atoms with Gasteiger partial charge in [0.25, 0.3) is 0 Å². The average molecular weight is 183 g/mol. The minimum absolute atomic E-state index is 0.0134. The van der Waals surface area contributed by atoms with Crippen LogP contribution in [0.3, 0.4) is 0 Å². The second-order valence-electron chi connectivity index (χ2n) is 3.16. The third kappa shape index (κ3) is 2.91. The van der Waals surface area contributed by atoms with Gasteiger partial charge in [0.15, 0.2) is 0 Å². The van der Waals surface area contributed by atoms with E-state index in [9.17, 15) is 4.79 Å². The zero-order valence-electron chi connectivity index (χ0n) is 7.70. The number of carboxylic acids is 1. The maximum Gasteiger partial charge on any atom is 0.371 e. The Hall–Kier alpha value is -1.29. The molecule has 1 rings (SSSR count). The van der Waals surface area contributed by atoms with Gasteiger partial charge >= 0.3 is 5.97 Å². The van der Waals surface area contributed by atoms with Crippen molar-refractivity contribution in [3.05, 3.63) is 23.7 Å². The smallest absolute Gasteiger partial charge is 0.371 e. The Kier molecular flexibility index (Phi) is 3.08. The fourth-order valence-electron chi connectivity index (χ4n) is 0.902. The lowest BCUT2D eigenvalue weighted by atomic mass is 10.3. The van der Waals surface area contributed by atoms with Crippen LogP contribution in [0.15, 0.2) is 16.7 Å².